The third-order valence-electron chi connectivity index (χ3n) is 5.39. The number of nitro groups is 1. The molecule has 1 aromatic carbocycles. The molecule has 26 heavy (non-hydrogen) atoms. The zero-order chi connectivity index (χ0) is 19.4. The molecule has 0 amide bonds. The molecule has 0 bridgehead atoms. The molecule has 2 aromatic rings. The number of pyridine rings is 1. The molecular formula is C19H29N3O3Si. The smallest absolute Gasteiger partial charge is 0.311 e. The molecule has 0 spiro atoms. The van der Waals surface area contributed by atoms with Gasteiger partial charge in [0.2, 0.25) is 0 Å². The topological polar surface area (TPSA) is 88.3 Å². The van der Waals surface area contributed by atoms with E-state index in [1.54, 1.807) is 0 Å². The highest BCUT2D eigenvalue weighted by atomic mass is 28.4. The second-order valence-corrected chi connectivity index (χ2v) is 12.4. The number of nitrogens with zero attached hydrogens (tertiary/aromatic N) is 2. The molecule has 142 valence electrons. The predicted molar refractivity (Wildman–Crippen MR) is 109 cm³/mol. The zero-order valence-electron chi connectivity index (χ0n) is 16.1. The van der Waals surface area contributed by atoms with E-state index >= 15 is 0 Å². The van der Waals surface area contributed by atoms with Crippen LogP contribution in [0.1, 0.15) is 39.5 Å². The van der Waals surface area contributed by atoms with Gasteiger partial charge in [0.1, 0.15) is 11.9 Å². The molecule has 0 saturated heterocycles. The van der Waals surface area contributed by atoms with Gasteiger partial charge in [-0.2, -0.15) is 0 Å². The van der Waals surface area contributed by atoms with Gasteiger partial charge < -0.3 is 10.1 Å². The number of rotatable bonds is 9. The van der Waals surface area contributed by atoms with E-state index < -0.39 is 13.2 Å². The Morgan fingerprint density at radius 3 is 2.58 bits per heavy atom. The summed E-state index contributed by atoms with van der Waals surface area (Å²) >= 11 is 0. The Morgan fingerprint density at radius 2 is 1.92 bits per heavy atom. The number of fused-ring (bicyclic) bond motifs is 1. The summed E-state index contributed by atoms with van der Waals surface area (Å²) < 4.78 is 0. The van der Waals surface area contributed by atoms with Gasteiger partial charge in [-0.25, -0.2) is 4.98 Å². The van der Waals surface area contributed by atoms with Gasteiger partial charge in [-0.1, -0.05) is 44.9 Å². The third-order valence-corrected chi connectivity index (χ3v) is 8.95. The molecule has 7 heteroatoms. The van der Waals surface area contributed by atoms with Crippen LogP contribution in [0.5, 0.6) is 0 Å². The van der Waals surface area contributed by atoms with E-state index in [1.165, 1.54) is 6.20 Å². The summed E-state index contributed by atoms with van der Waals surface area (Å²) in [4.78, 5) is 25.4. The van der Waals surface area contributed by atoms with E-state index in [2.05, 4.69) is 24.1 Å². The average molecular weight is 376 g/mol. The van der Waals surface area contributed by atoms with Crippen molar-refractivity contribution in [2.45, 2.75) is 57.7 Å². The van der Waals surface area contributed by atoms with Gasteiger partial charge in [0.05, 0.1) is 10.4 Å². The van der Waals surface area contributed by atoms with Gasteiger partial charge in [0.25, 0.3) is 0 Å². The van der Waals surface area contributed by atoms with Crippen LogP contribution in [0.25, 0.3) is 10.9 Å². The van der Waals surface area contributed by atoms with Crippen molar-refractivity contribution in [3.05, 3.63) is 40.6 Å². The lowest BCUT2D eigenvalue weighted by Crippen LogP contribution is -2.38. The molecule has 1 heterocycles. The molecule has 2 N–H and O–H groups in total. The Labute approximate surface area is 155 Å². The number of aromatic nitrogens is 1. The molecule has 6 nitrogen and oxygen atoms in total. The van der Waals surface area contributed by atoms with Gasteiger partial charge in [0.15, 0.2) is 8.32 Å². The van der Waals surface area contributed by atoms with Gasteiger partial charge in [0, 0.05) is 11.9 Å². The minimum Gasteiger partial charge on any atom is -0.432 e. The van der Waals surface area contributed by atoms with Crippen LogP contribution < -0.4 is 5.32 Å². The van der Waals surface area contributed by atoms with Gasteiger partial charge in [-0.3, -0.25) is 10.1 Å². The number of para-hydroxylation sites is 1. The summed E-state index contributed by atoms with van der Waals surface area (Å²) in [6.07, 6.45) is 5.32. The van der Waals surface area contributed by atoms with E-state index in [1.807, 2.05) is 37.4 Å². The molecule has 1 aromatic heterocycles. The summed E-state index contributed by atoms with van der Waals surface area (Å²) in [6.45, 7) is 8.94. The van der Waals surface area contributed by atoms with Crippen LogP contribution in [0, 0.1) is 10.1 Å². The molecule has 0 aliphatic heterocycles. The third kappa shape index (κ3) is 4.79. The first-order chi connectivity index (χ1) is 12.1. The highest BCUT2D eigenvalue weighted by Crippen LogP contribution is 2.40. The van der Waals surface area contributed by atoms with Crippen LogP contribution in [0.15, 0.2) is 30.5 Å². The molecule has 0 fully saturated rings. The van der Waals surface area contributed by atoms with Crippen LogP contribution in [-0.2, 0) is 0 Å². The van der Waals surface area contributed by atoms with Crippen molar-refractivity contribution in [2.24, 2.45) is 0 Å². The second-order valence-electron chi connectivity index (χ2n) is 7.97. The van der Waals surface area contributed by atoms with Crippen molar-refractivity contribution in [3.63, 3.8) is 0 Å². The van der Waals surface area contributed by atoms with Crippen molar-refractivity contribution in [3.8, 4) is 0 Å². The van der Waals surface area contributed by atoms with Crippen LogP contribution in [-0.4, -0.2) is 29.6 Å². The predicted octanol–water partition coefficient (Wildman–Crippen LogP) is 5.09. The molecule has 0 aliphatic rings. The number of unbranched alkanes of at least 4 members (excludes halogenated alkanes) is 2. The zero-order valence-corrected chi connectivity index (χ0v) is 17.1. The van der Waals surface area contributed by atoms with Crippen LogP contribution in [0.2, 0.25) is 18.1 Å². The highest BCUT2D eigenvalue weighted by Gasteiger charge is 2.37. The largest absolute Gasteiger partial charge is 0.432 e. The molecule has 0 unspecified atom stereocenters. The quantitative estimate of drug-likeness (QED) is 0.276. The first kappa shape index (κ1) is 20.3. The van der Waals surface area contributed by atoms with E-state index in [-0.39, 0.29) is 10.7 Å². The van der Waals surface area contributed by atoms with Crippen LogP contribution in [0.4, 0.5) is 11.4 Å². The average Bonchev–Trinajstić information content (AvgIpc) is 2.56. The first-order valence-corrected chi connectivity index (χ1v) is 12.1. The molecule has 2 rings (SSSR count). The highest BCUT2D eigenvalue weighted by molar-refractivity contribution is 6.72. The summed E-state index contributed by atoms with van der Waals surface area (Å²) in [5, 5.41) is 15.3. The number of hydrogen-bond acceptors (Lipinski definition) is 5. The maximum Gasteiger partial charge on any atom is 0.311 e. The lowest BCUT2D eigenvalue weighted by molar-refractivity contribution is -0.384. The lowest BCUT2D eigenvalue weighted by atomic mass is 10.0. The van der Waals surface area contributed by atoms with Crippen molar-refractivity contribution in [1.82, 2.24) is 4.98 Å². The standard InChI is InChI=1S/C19H29N3O3Si/c1-19(2,26(3,4)25)12-8-5-9-13-20-18-15-10-6-7-11-16(15)21-14-17(18)22(23)24/h6-7,10-11,14,25H,5,8-9,12-13H2,1-4H3,(H,20,21). The fourth-order valence-electron chi connectivity index (χ4n) is 2.84. The van der Waals surface area contributed by atoms with Crippen molar-refractivity contribution in [2.75, 3.05) is 11.9 Å². The Bertz CT molecular complexity index is 772. The van der Waals surface area contributed by atoms with E-state index in [4.69, 9.17) is 0 Å². The van der Waals surface area contributed by atoms with Gasteiger partial charge in [-0.05, 0) is 37.0 Å². The lowest BCUT2D eigenvalue weighted by Gasteiger charge is -2.35. The second kappa shape index (κ2) is 8.14. The summed E-state index contributed by atoms with van der Waals surface area (Å²) in [5.41, 5.74) is 1.31. The Balaban J connectivity index is 1.94. The van der Waals surface area contributed by atoms with Gasteiger partial charge >= 0.3 is 5.69 Å². The molecule has 0 radical (unpaired) electrons. The number of nitrogens with one attached hydrogen (secondary N) is 1. The summed E-state index contributed by atoms with van der Waals surface area (Å²) in [5.74, 6) is 0. The van der Waals surface area contributed by atoms with E-state index in [0.29, 0.717) is 12.2 Å². The molecule has 0 aliphatic carbocycles. The minimum absolute atomic E-state index is 0.000513. The van der Waals surface area contributed by atoms with Crippen molar-refractivity contribution >= 4 is 30.6 Å². The minimum atomic E-state index is -2.15. The Morgan fingerprint density at radius 1 is 1.23 bits per heavy atom. The number of benzene rings is 1. The fraction of sp³-hybridized carbons (Fsp3) is 0.526. The first-order valence-electron chi connectivity index (χ1n) is 9.12. The fourth-order valence-corrected chi connectivity index (χ4v) is 3.63. The maximum absolute atomic E-state index is 11.3. The van der Waals surface area contributed by atoms with E-state index in [9.17, 15) is 14.9 Å². The molecular weight excluding hydrogens is 346 g/mol. The Hall–Kier alpha value is -1.99. The van der Waals surface area contributed by atoms with Crippen molar-refractivity contribution in [1.29, 1.82) is 0 Å². The normalized spacial score (nSPS) is 12.3. The monoisotopic (exact) mass is 375 g/mol. The van der Waals surface area contributed by atoms with Crippen LogP contribution in [0.3, 0.4) is 0 Å². The molecule has 0 atom stereocenters. The summed E-state index contributed by atoms with van der Waals surface area (Å²) in [6, 6.07) is 7.45. The van der Waals surface area contributed by atoms with Gasteiger partial charge in [-0.15, -0.1) is 0 Å². The maximum atomic E-state index is 11.3. The Kier molecular flexibility index (Phi) is 6.36. The van der Waals surface area contributed by atoms with Crippen LogP contribution >= 0.6 is 0 Å². The van der Waals surface area contributed by atoms with Crippen molar-refractivity contribution < 1.29 is 9.72 Å². The number of anilines is 1. The SMILES string of the molecule is CC(C)(CCCCCNc1c([N+](=O)[O-])cnc2ccccc12)[Si](C)(C)O. The van der Waals surface area contributed by atoms with E-state index in [0.717, 1.165) is 36.6 Å². The number of hydrogen-bond donors (Lipinski definition) is 2. The summed E-state index contributed by atoms with van der Waals surface area (Å²) in [7, 11) is -2.15. The molecule has 0 saturated carbocycles.